The average Bonchev–Trinajstić information content (AvgIpc) is 2.05. The first-order valence-corrected chi connectivity index (χ1v) is 4.34. The zero-order valence-corrected chi connectivity index (χ0v) is 7.42. The van der Waals surface area contributed by atoms with Crippen molar-refractivity contribution in [3.8, 4) is 0 Å². The van der Waals surface area contributed by atoms with E-state index in [0.29, 0.717) is 5.71 Å². The van der Waals surface area contributed by atoms with E-state index in [1.807, 2.05) is 6.08 Å². The Kier molecular flexibility index (Phi) is 3.64. The van der Waals surface area contributed by atoms with E-state index >= 15 is 0 Å². The fourth-order valence-electron chi connectivity index (χ4n) is 1.39. The minimum atomic E-state index is 0.678. The number of methoxy groups -OCH3 is 1. The lowest BCUT2D eigenvalue weighted by Gasteiger charge is -2.10. The van der Waals surface area contributed by atoms with E-state index in [1.165, 1.54) is 12.8 Å². The zero-order chi connectivity index (χ0) is 8.81. The van der Waals surface area contributed by atoms with Gasteiger partial charge in [-0.3, -0.25) is 0 Å². The molecule has 0 aromatic heterocycles. The maximum absolute atomic E-state index is 8.68. The molecule has 0 fully saturated rings. The number of hydrogen-bond donors (Lipinski definition) is 1. The summed E-state index contributed by atoms with van der Waals surface area (Å²) >= 11 is 0. The molecule has 0 aromatic rings. The van der Waals surface area contributed by atoms with Gasteiger partial charge in [-0.05, 0) is 31.8 Å². The van der Waals surface area contributed by atoms with Gasteiger partial charge < -0.3 is 9.94 Å². The van der Waals surface area contributed by atoms with Gasteiger partial charge in [-0.2, -0.15) is 0 Å². The van der Waals surface area contributed by atoms with Crippen LogP contribution < -0.4 is 0 Å². The van der Waals surface area contributed by atoms with Crippen LogP contribution in [0.25, 0.3) is 0 Å². The molecular formula is C9H15NO2. The molecule has 3 heteroatoms. The fourth-order valence-corrected chi connectivity index (χ4v) is 1.39. The Morgan fingerprint density at radius 1 is 1.42 bits per heavy atom. The molecule has 0 spiro atoms. The van der Waals surface area contributed by atoms with Crippen LogP contribution in [0.5, 0.6) is 0 Å². The van der Waals surface area contributed by atoms with Crippen molar-refractivity contribution in [2.45, 2.75) is 32.1 Å². The highest BCUT2D eigenvalue weighted by Gasteiger charge is 2.09. The van der Waals surface area contributed by atoms with Gasteiger partial charge in [-0.15, -0.1) is 0 Å². The van der Waals surface area contributed by atoms with Gasteiger partial charge in [0.1, 0.15) is 11.5 Å². The Bertz CT molecular complexity index is 197. The topological polar surface area (TPSA) is 41.8 Å². The summed E-state index contributed by atoms with van der Waals surface area (Å²) in [5.74, 6) is 0.734. The molecule has 1 aliphatic carbocycles. The van der Waals surface area contributed by atoms with Crippen molar-refractivity contribution in [3.05, 3.63) is 11.8 Å². The number of hydrogen-bond acceptors (Lipinski definition) is 3. The lowest BCUT2D eigenvalue weighted by Crippen LogP contribution is -2.07. The smallest absolute Gasteiger partial charge is 0.139 e. The van der Waals surface area contributed by atoms with E-state index in [1.54, 1.807) is 7.11 Å². The monoisotopic (exact) mass is 169 g/mol. The first kappa shape index (κ1) is 9.10. The van der Waals surface area contributed by atoms with E-state index in [4.69, 9.17) is 9.94 Å². The summed E-state index contributed by atoms with van der Waals surface area (Å²) in [5, 5.41) is 11.9. The highest BCUT2D eigenvalue weighted by Crippen LogP contribution is 2.15. The summed E-state index contributed by atoms with van der Waals surface area (Å²) in [5.41, 5.74) is 0.678. The third-order valence-electron chi connectivity index (χ3n) is 2.07. The van der Waals surface area contributed by atoms with Crippen molar-refractivity contribution in [3.63, 3.8) is 0 Å². The van der Waals surface area contributed by atoms with Crippen molar-refractivity contribution in [2.24, 2.45) is 5.16 Å². The molecule has 0 saturated carbocycles. The highest BCUT2D eigenvalue weighted by atomic mass is 16.5. The molecule has 3 nitrogen and oxygen atoms in total. The van der Waals surface area contributed by atoms with E-state index in [-0.39, 0.29) is 0 Å². The molecule has 0 bridgehead atoms. The maximum Gasteiger partial charge on any atom is 0.139 e. The minimum absolute atomic E-state index is 0.678. The Morgan fingerprint density at radius 2 is 2.25 bits per heavy atom. The highest BCUT2D eigenvalue weighted by molar-refractivity contribution is 5.97. The number of oxime groups is 1. The summed E-state index contributed by atoms with van der Waals surface area (Å²) in [6, 6.07) is 0. The number of rotatable bonds is 1. The van der Waals surface area contributed by atoms with Crippen LogP contribution in [-0.4, -0.2) is 18.0 Å². The molecular weight excluding hydrogens is 154 g/mol. The molecule has 0 atom stereocenters. The van der Waals surface area contributed by atoms with Crippen LogP contribution in [0, 0.1) is 0 Å². The van der Waals surface area contributed by atoms with Crippen molar-refractivity contribution in [1.29, 1.82) is 0 Å². The maximum atomic E-state index is 8.68. The van der Waals surface area contributed by atoms with Crippen molar-refractivity contribution >= 4 is 5.71 Å². The van der Waals surface area contributed by atoms with Gasteiger partial charge in [-0.25, -0.2) is 0 Å². The second kappa shape index (κ2) is 4.80. The Morgan fingerprint density at radius 3 is 2.92 bits per heavy atom. The lowest BCUT2D eigenvalue weighted by molar-refractivity contribution is 0.290. The first-order chi connectivity index (χ1) is 5.88. The summed E-state index contributed by atoms with van der Waals surface area (Å²) < 4.78 is 5.10. The molecule has 1 aliphatic rings. The van der Waals surface area contributed by atoms with Gasteiger partial charge >= 0.3 is 0 Å². The number of allylic oxidation sites excluding steroid dienone is 2. The van der Waals surface area contributed by atoms with Gasteiger partial charge in [-0.1, -0.05) is 11.6 Å². The summed E-state index contributed by atoms with van der Waals surface area (Å²) in [4.78, 5) is 0. The molecule has 0 heterocycles. The minimum Gasteiger partial charge on any atom is -0.495 e. The van der Waals surface area contributed by atoms with Gasteiger partial charge in [0.05, 0.1) is 7.11 Å². The van der Waals surface area contributed by atoms with E-state index < -0.39 is 0 Å². The van der Waals surface area contributed by atoms with Crippen LogP contribution in [0.3, 0.4) is 0 Å². The summed E-state index contributed by atoms with van der Waals surface area (Å²) in [6.45, 7) is 0. The molecule has 0 saturated heterocycles. The van der Waals surface area contributed by atoms with Crippen LogP contribution in [0.4, 0.5) is 0 Å². The van der Waals surface area contributed by atoms with Crippen LogP contribution >= 0.6 is 0 Å². The summed E-state index contributed by atoms with van der Waals surface area (Å²) in [6.07, 6.45) is 7.31. The third kappa shape index (κ3) is 2.26. The van der Waals surface area contributed by atoms with Gasteiger partial charge in [0.25, 0.3) is 0 Å². The third-order valence-corrected chi connectivity index (χ3v) is 2.07. The van der Waals surface area contributed by atoms with Crippen molar-refractivity contribution in [1.82, 2.24) is 0 Å². The normalized spacial score (nSPS) is 27.1. The van der Waals surface area contributed by atoms with Gasteiger partial charge in [0.2, 0.25) is 0 Å². The van der Waals surface area contributed by atoms with Crippen LogP contribution in [0.2, 0.25) is 0 Å². The van der Waals surface area contributed by atoms with Crippen LogP contribution in [-0.2, 0) is 4.74 Å². The first-order valence-electron chi connectivity index (χ1n) is 4.34. The Balaban J connectivity index is 2.71. The lowest BCUT2D eigenvalue weighted by atomic mass is 10.0. The fraction of sp³-hybridized carbons (Fsp3) is 0.667. The molecule has 1 rings (SSSR count). The molecule has 1 N–H and O–H groups in total. The van der Waals surface area contributed by atoms with E-state index in [0.717, 1.165) is 25.0 Å². The van der Waals surface area contributed by atoms with Crippen LogP contribution in [0.15, 0.2) is 17.0 Å². The van der Waals surface area contributed by atoms with E-state index in [2.05, 4.69) is 5.16 Å². The zero-order valence-electron chi connectivity index (χ0n) is 7.42. The SMILES string of the molecule is CO/C1=C/CCCCCC1=NO. The van der Waals surface area contributed by atoms with Gasteiger partial charge in [0.15, 0.2) is 0 Å². The quantitative estimate of drug-likeness (QED) is 0.483. The predicted molar refractivity (Wildman–Crippen MR) is 47.4 cm³/mol. The Hall–Kier alpha value is -0.990. The second-order valence-corrected chi connectivity index (χ2v) is 2.92. The molecule has 0 unspecified atom stereocenters. The predicted octanol–water partition coefficient (Wildman–Crippen LogP) is 2.31. The molecule has 0 aliphatic heterocycles. The van der Waals surface area contributed by atoms with Crippen molar-refractivity contribution < 1.29 is 9.94 Å². The number of ether oxygens (including phenoxy) is 1. The number of nitrogens with zero attached hydrogens (tertiary/aromatic N) is 1. The molecule has 68 valence electrons. The molecule has 0 radical (unpaired) electrons. The molecule has 0 amide bonds. The average molecular weight is 169 g/mol. The standard InChI is InChI=1S/C9H15NO2/c1-12-9-7-5-3-2-4-6-8(9)10-11/h7,11H,2-6H2,1H3/b9-7+,10-8?. The molecule has 12 heavy (non-hydrogen) atoms. The summed E-state index contributed by atoms with van der Waals surface area (Å²) in [7, 11) is 1.61. The Labute approximate surface area is 72.7 Å². The van der Waals surface area contributed by atoms with E-state index in [9.17, 15) is 0 Å². The molecule has 0 aromatic carbocycles. The van der Waals surface area contributed by atoms with Gasteiger partial charge in [0, 0.05) is 0 Å². The van der Waals surface area contributed by atoms with Crippen molar-refractivity contribution in [2.75, 3.05) is 7.11 Å². The second-order valence-electron chi connectivity index (χ2n) is 2.92. The largest absolute Gasteiger partial charge is 0.495 e. The van der Waals surface area contributed by atoms with Crippen LogP contribution in [0.1, 0.15) is 32.1 Å².